The summed E-state index contributed by atoms with van der Waals surface area (Å²) in [7, 11) is 1.60. The first-order chi connectivity index (χ1) is 14.1. The number of nitrogens with one attached hydrogen (secondary N) is 2. The summed E-state index contributed by atoms with van der Waals surface area (Å²) in [6, 6.07) is 20.7. The van der Waals surface area contributed by atoms with Crippen molar-refractivity contribution >= 4 is 22.6 Å². The standard InChI is InChI=1S/C23H21N3O3/c1-15-3-12-20-21(13-15)26-23(25-20)16-4-8-19(9-5-16)29-14-22(27)24-17-6-10-18(28-2)11-7-17/h3-13H,14H2,1-2H3,(H,24,27)(H,25,26). The van der Waals surface area contributed by atoms with E-state index in [9.17, 15) is 4.79 Å². The fourth-order valence-corrected chi connectivity index (χ4v) is 2.99. The van der Waals surface area contributed by atoms with Crippen LogP contribution in [0.25, 0.3) is 22.4 Å². The molecule has 4 rings (SSSR count). The van der Waals surface area contributed by atoms with Gasteiger partial charge in [0.15, 0.2) is 6.61 Å². The van der Waals surface area contributed by atoms with Gasteiger partial charge in [-0.15, -0.1) is 0 Å². The maximum absolute atomic E-state index is 12.1. The van der Waals surface area contributed by atoms with Crippen molar-refractivity contribution in [2.24, 2.45) is 0 Å². The molecule has 6 heteroatoms. The van der Waals surface area contributed by atoms with E-state index in [-0.39, 0.29) is 12.5 Å². The first-order valence-electron chi connectivity index (χ1n) is 9.24. The van der Waals surface area contributed by atoms with Crippen molar-refractivity contribution in [1.82, 2.24) is 9.97 Å². The zero-order chi connectivity index (χ0) is 20.2. The van der Waals surface area contributed by atoms with Crippen molar-refractivity contribution in [3.05, 3.63) is 72.3 Å². The van der Waals surface area contributed by atoms with E-state index in [1.54, 1.807) is 31.4 Å². The van der Waals surface area contributed by atoms with Gasteiger partial charge in [0.05, 0.1) is 18.1 Å². The summed E-state index contributed by atoms with van der Waals surface area (Å²) in [5, 5.41) is 2.79. The van der Waals surface area contributed by atoms with Crippen LogP contribution in [-0.2, 0) is 4.79 Å². The second-order valence-electron chi connectivity index (χ2n) is 6.70. The highest BCUT2D eigenvalue weighted by molar-refractivity contribution is 5.91. The smallest absolute Gasteiger partial charge is 0.262 e. The van der Waals surface area contributed by atoms with Crippen molar-refractivity contribution in [1.29, 1.82) is 0 Å². The molecule has 0 bridgehead atoms. The third-order valence-corrected chi connectivity index (χ3v) is 4.51. The molecule has 0 spiro atoms. The first kappa shape index (κ1) is 18.6. The highest BCUT2D eigenvalue weighted by Gasteiger charge is 2.07. The SMILES string of the molecule is COc1ccc(NC(=O)COc2ccc(-c3nc4ccc(C)cc4[nH]3)cc2)cc1. The van der Waals surface area contributed by atoms with Crippen molar-refractivity contribution < 1.29 is 14.3 Å². The van der Waals surface area contributed by atoms with Crippen LogP contribution in [0.4, 0.5) is 5.69 Å². The zero-order valence-electron chi connectivity index (χ0n) is 16.2. The third kappa shape index (κ3) is 4.38. The number of aryl methyl sites for hydroxylation is 1. The lowest BCUT2D eigenvalue weighted by molar-refractivity contribution is -0.118. The Labute approximate surface area is 168 Å². The summed E-state index contributed by atoms with van der Waals surface area (Å²) < 4.78 is 10.7. The largest absolute Gasteiger partial charge is 0.497 e. The molecule has 4 aromatic rings. The van der Waals surface area contributed by atoms with Gasteiger partial charge in [-0.2, -0.15) is 0 Å². The number of methoxy groups -OCH3 is 1. The van der Waals surface area contributed by atoms with E-state index < -0.39 is 0 Å². The number of aromatic nitrogens is 2. The van der Waals surface area contributed by atoms with E-state index in [0.29, 0.717) is 11.4 Å². The number of ether oxygens (including phenoxy) is 2. The van der Waals surface area contributed by atoms with Crippen LogP contribution in [-0.4, -0.2) is 29.6 Å². The second kappa shape index (κ2) is 8.06. The van der Waals surface area contributed by atoms with E-state index in [0.717, 1.165) is 28.2 Å². The Bertz CT molecular complexity index is 1130. The van der Waals surface area contributed by atoms with Gasteiger partial charge in [0.1, 0.15) is 17.3 Å². The number of hydrogen-bond donors (Lipinski definition) is 2. The summed E-state index contributed by atoms with van der Waals surface area (Å²) in [6.45, 7) is 1.98. The number of hydrogen-bond acceptors (Lipinski definition) is 4. The Morgan fingerprint density at radius 3 is 2.45 bits per heavy atom. The Morgan fingerprint density at radius 1 is 1.00 bits per heavy atom. The molecule has 0 aliphatic carbocycles. The van der Waals surface area contributed by atoms with Crippen LogP contribution in [0.5, 0.6) is 11.5 Å². The average molecular weight is 387 g/mol. The van der Waals surface area contributed by atoms with Gasteiger partial charge in [0.25, 0.3) is 5.91 Å². The fourth-order valence-electron chi connectivity index (χ4n) is 2.99. The number of rotatable bonds is 6. The van der Waals surface area contributed by atoms with Crippen LogP contribution in [0.1, 0.15) is 5.56 Å². The van der Waals surface area contributed by atoms with Crippen molar-refractivity contribution in [3.8, 4) is 22.9 Å². The summed E-state index contributed by atoms with van der Waals surface area (Å²) in [5.41, 5.74) is 4.77. The number of aromatic amines is 1. The van der Waals surface area contributed by atoms with Crippen LogP contribution in [0.3, 0.4) is 0 Å². The molecule has 0 aliphatic rings. The predicted octanol–water partition coefficient (Wildman–Crippen LogP) is 4.56. The zero-order valence-corrected chi connectivity index (χ0v) is 16.2. The third-order valence-electron chi connectivity index (χ3n) is 4.51. The average Bonchev–Trinajstić information content (AvgIpc) is 3.16. The highest BCUT2D eigenvalue weighted by Crippen LogP contribution is 2.23. The summed E-state index contributed by atoms with van der Waals surface area (Å²) >= 11 is 0. The monoisotopic (exact) mass is 387 g/mol. The molecular weight excluding hydrogens is 366 g/mol. The Hall–Kier alpha value is -3.80. The van der Waals surface area contributed by atoms with E-state index in [1.807, 2.05) is 36.4 Å². The molecule has 146 valence electrons. The predicted molar refractivity (Wildman–Crippen MR) is 113 cm³/mol. The molecule has 0 saturated carbocycles. The number of nitrogens with zero attached hydrogens (tertiary/aromatic N) is 1. The molecule has 0 fully saturated rings. The summed E-state index contributed by atoms with van der Waals surface area (Å²) in [4.78, 5) is 20.0. The molecule has 6 nitrogen and oxygen atoms in total. The van der Waals surface area contributed by atoms with Gasteiger partial charge < -0.3 is 19.8 Å². The minimum absolute atomic E-state index is 0.0741. The second-order valence-corrected chi connectivity index (χ2v) is 6.70. The van der Waals surface area contributed by atoms with Gasteiger partial charge in [0.2, 0.25) is 0 Å². The Kier molecular flexibility index (Phi) is 5.16. The molecule has 2 N–H and O–H groups in total. The summed E-state index contributed by atoms with van der Waals surface area (Å²) in [6.07, 6.45) is 0. The van der Waals surface area contributed by atoms with Gasteiger partial charge in [0, 0.05) is 11.3 Å². The topological polar surface area (TPSA) is 76.2 Å². The molecule has 0 radical (unpaired) electrons. The van der Waals surface area contributed by atoms with Gasteiger partial charge in [-0.25, -0.2) is 4.98 Å². The van der Waals surface area contributed by atoms with Crippen LogP contribution < -0.4 is 14.8 Å². The fraction of sp³-hybridized carbons (Fsp3) is 0.130. The molecule has 0 saturated heterocycles. The lowest BCUT2D eigenvalue weighted by Crippen LogP contribution is -2.20. The number of benzene rings is 3. The number of anilines is 1. The van der Waals surface area contributed by atoms with Gasteiger partial charge in [-0.1, -0.05) is 6.07 Å². The molecule has 3 aromatic carbocycles. The molecule has 29 heavy (non-hydrogen) atoms. The Morgan fingerprint density at radius 2 is 1.72 bits per heavy atom. The van der Waals surface area contributed by atoms with Crippen molar-refractivity contribution in [2.45, 2.75) is 6.92 Å². The number of fused-ring (bicyclic) bond motifs is 1. The van der Waals surface area contributed by atoms with Crippen LogP contribution >= 0.6 is 0 Å². The molecule has 1 aromatic heterocycles. The minimum Gasteiger partial charge on any atom is -0.497 e. The van der Waals surface area contributed by atoms with Gasteiger partial charge >= 0.3 is 0 Å². The maximum Gasteiger partial charge on any atom is 0.262 e. The molecule has 1 heterocycles. The van der Waals surface area contributed by atoms with E-state index in [2.05, 4.69) is 28.3 Å². The molecule has 0 unspecified atom stereocenters. The van der Waals surface area contributed by atoms with Crippen LogP contribution in [0, 0.1) is 6.92 Å². The number of carbonyl (C=O) groups is 1. The number of carbonyl (C=O) groups excluding carboxylic acids is 1. The van der Waals surface area contributed by atoms with Gasteiger partial charge in [-0.05, 0) is 73.2 Å². The van der Waals surface area contributed by atoms with Crippen molar-refractivity contribution in [3.63, 3.8) is 0 Å². The lowest BCUT2D eigenvalue weighted by Gasteiger charge is -2.08. The quantitative estimate of drug-likeness (QED) is 0.508. The molecular formula is C23H21N3O3. The molecule has 1 amide bonds. The maximum atomic E-state index is 12.1. The number of H-pyrrole nitrogens is 1. The lowest BCUT2D eigenvalue weighted by atomic mass is 10.2. The van der Waals surface area contributed by atoms with Crippen LogP contribution in [0.2, 0.25) is 0 Å². The summed E-state index contributed by atoms with van der Waals surface area (Å²) in [5.74, 6) is 1.92. The first-order valence-corrected chi connectivity index (χ1v) is 9.24. The normalized spacial score (nSPS) is 10.7. The number of imidazole rings is 1. The molecule has 0 atom stereocenters. The minimum atomic E-state index is -0.230. The van der Waals surface area contributed by atoms with E-state index in [1.165, 1.54) is 5.56 Å². The highest BCUT2D eigenvalue weighted by atomic mass is 16.5. The van der Waals surface area contributed by atoms with Crippen molar-refractivity contribution in [2.75, 3.05) is 19.0 Å². The van der Waals surface area contributed by atoms with E-state index >= 15 is 0 Å². The Balaban J connectivity index is 1.36. The molecule has 0 aliphatic heterocycles. The number of amides is 1. The van der Waals surface area contributed by atoms with Gasteiger partial charge in [-0.3, -0.25) is 4.79 Å². The van der Waals surface area contributed by atoms with Crippen LogP contribution in [0.15, 0.2) is 66.7 Å². The van der Waals surface area contributed by atoms with E-state index in [4.69, 9.17) is 9.47 Å².